The van der Waals surface area contributed by atoms with Crippen molar-refractivity contribution in [1.82, 2.24) is 19.7 Å². The van der Waals surface area contributed by atoms with Crippen LogP contribution in [0.4, 0.5) is 5.82 Å². The van der Waals surface area contributed by atoms with Crippen LogP contribution in [0, 0.1) is 0 Å². The lowest BCUT2D eigenvalue weighted by Gasteiger charge is -2.08. The van der Waals surface area contributed by atoms with Crippen molar-refractivity contribution in [2.24, 2.45) is 0 Å². The number of hydrogen-bond donors (Lipinski definition) is 2. The minimum atomic E-state index is 0.385. The lowest BCUT2D eigenvalue weighted by atomic mass is 10.1. The summed E-state index contributed by atoms with van der Waals surface area (Å²) in [6.07, 6.45) is 3.89. The summed E-state index contributed by atoms with van der Waals surface area (Å²) in [5, 5.41) is 3.33. The van der Waals surface area contributed by atoms with Crippen LogP contribution in [0.25, 0.3) is 28.2 Å². The van der Waals surface area contributed by atoms with Crippen LogP contribution in [0.5, 0.6) is 11.5 Å². The Kier molecular flexibility index (Phi) is 5.54. The summed E-state index contributed by atoms with van der Waals surface area (Å²) in [5.41, 5.74) is 11.6. The van der Waals surface area contributed by atoms with Crippen molar-refractivity contribution < 1.29 is 9.47 Å². The predicted octanol–water partition coefficient (Wildman–Crippen LogP) is 3.77. The second-order valence-electron chi connectivity index (χ2n) is 6.92. The first-order valence-corrected chi connectivity index (χ1v) is 9.80. The lowest BCUT2D eigenvalue weighted by molar-refractivity contribution is 0.355. The van der Waals surface area contributed by atoms with Crippen molar-refractivity contribution in [1.29, 1.82) is 0 Å². The van der Waals surface area contributed by atoms with E-state index in [2.05, 4.69) is 46.5 Å². The molecule has 0 aliphatic carbocycles. The van der Waals surface area contributed by atoms with Crippen LogP contribution in [0.1, 0.15) is 12.5 Å². The zero-order valence-electron chi connectivity index (χ0n) is 17.3. The van der Waals surface area contributed by atoms with Crippen molar-refractivity contribution >= 4 is 11.5 Å². The van der Waals surface area contributed by atoms with E-state index in [9.17, 15) is 0 Å². The van der Waals surface area contributed by atoms with E-state index >= 15 is 0 Å². The van der Waals surface area contributed by atoms with Crippen molar-refractivity contribution in [2.75, 3.05) is 26.5 Å². The average molecular weight is 403 g/mol. The number of rotatable bonds is 7. The van der Waals surface area contributed by atoms with Gasteiger partial charge in [0.1, 0.15) is 0 Å². The molecule has 154 valence electrons. The molecule has 4 aromatic rings. The number of nitrogen functional groups attached to an aromatic ring is 1. The Bertz CT molecular complexity index is 1170. The maximum Gasteiger partial charge on any atom is 0.180 e. The molecule has 0 amide bonds. The Balaban J connectivity index is 1.70. The van der Waals surface area contributed by atoms with E-state index in [1.54, 1.807) is 14.2 Å². The number of imidazole rings is 1. The van der Waals surface area contributed by atoms with Crippen LogP contribution in [0.15, 0.2) is 54.9 Å². The van der Waals surface area contributed by atoms with E-state index in [1.807, 2.05) is 35.0 Å². The largest absolute Gasteiger partial charge is 0.493 e. The van der Waals surface area contributed by atoms with Gasteiger partial charge >= 0.3 is 0 Å². The molecule has 4 rings (SSSR count). The van der Waals surface area contributed by atoms with E-state index < -0.39 is 0 Å². The van der Waals surface area contributed by atoms with Gasteiger partial charge in [0.25, 0.3) is 0 Å². The molecule has 0 saturated carbocycles. The molecule has 30 heavy (non-hydrogen) atoms. The van der Waals surface area contributed by atoms with Crippen LogP contribution in [0.2, 0.25) is 0 Å². The second-order valence-corrected chi connectivity index (χ2v) is 6.92. The van der Waals surface area contributed by atoms with Gasteiger partial charge in [-0.3, -0.25) is 0 Å². The van der Waals surface area contributed by atoms with E-state index in [1.165, 1.54) is 5.56 Å². The maximum atomic E-state index is 6.23. The highest BCUT2D eigenvalue weighted by Gasteiger charge is 2.13. The van der Waals surface area contributed by atoms with Crippen LogP contribution in [-0.2, 0) is 6.54 Å². The number of nitrogens with zero attached hydrogens (tertiary/aromatic N) is 3. The van der Waals surface area contributed by atoms with Gasteiger partial charge < -0.3 is 24.9 Å². The number of benzene rings is 2. The first kappa shape index (κ1) is 19.7. The highest BCUT2D eigenvalue weighted by atomic mass is 16.5. The first-order valence-electron chi connectivity index (χ1n) is 9.80. The average Bonchev–Trinajstić information content (AvgIpc) is 3.22. The summed E-state index contributed by atoms with van der Waals surface area (Å²) in [6, 6.07) is 14.0. The van der Waals surface area contributed by atoms with Crippen molar-refractivity contribution in [3.63, 3.8) is 0 Å². The quantitative estimate of drug-likeness (QED) is 0.488. The summed E-state index contributed by atoms with van der Waals surface area (Å²) in [6.45, 7) is 3.89. The SMILES string of the molecule is CCNCc1ccc(-c2cn3cc(-c4ccc(OC)c(OC)c4)nc3c(N)n2)cc1. The fourth-order valence-electron chi connectivity index (χ4n) is 3.36. The monoisotopic (exact) mass is 403 g/mol. The number of nitrogens with one attached hydrogen (secondary N) is 1. The molecule has 0 radical (unpaired) electrons. The minimum absolute atomic E-state index is 0.385. The van der Waals surface area contributed by atoms with Gasteiger partial charge in [-0.2, -0.15) is 0 Å². The summed E-state index contributed by atoms with van der Waals surface area (Å²) in [4.78, 5) is 9.23. The molecule has 0 atom stereocenters. The molecule has 0 fully saturated rings. The fourth-order valence-corrected chi connectivity index (χ4v) is 3.36. The molecule has 3 N–H and O–H groups in total. The highest BCUT2D eigenvalue weighted by Crippen LogP contribution is 2.32. The van der Waals surface area contributed by atoms with Crippen LogP contribution in [-0.4, -0.2) is 35.1 Å². The standard InChI is InChI=1S/C23H25N5O2/c1-4-25-12-15-5-7-16(8-6-15)18-13-28-14-19(27-23(28)22(24)26-18)17-9-10-20(29-2)21(11-17)30-3/h5-11,13-14,25H,4,12H2,1-3H3,(H2,24,26). The molecule has 2 aromatic carbocycles. The Morgan fingerprint density at radius 1 is 0.900 bits per heavy atom. The van der Waals surface area contributed by atoms with Gasteiger partial charge in [0.05, 0.1) is 25.6 Å². The van der Waals surface area contributed by atoms with Gasteiger partial charge in [0, 0.05) is 30.1 Å². The molecule has 0 spiro atoms. The van der Waals surface area contributed by atoms with E-state index in [4.69, 9.17) is 15.2 Å². The second kappa shape index (κ2) is 8.42. The van der Waals surface area contributed by atoms with Crippen molar-refractivity contribution in [2.45, 2.75) is 13.5 Å². The Hall–Kier alpha value is -3.58. The van der Waals surface area contributed by atoms with Gasteiger partial charge in [-0.05, 0) is 30.3 Å². The first-order chi connectivity index (χ1) is 14.6. The van der Waals surface area contributed by atoms with E-state index in [0.717, 1.165) is 35.6 Å². The van der Waals surface area contributed by atoms with Crippen LogP contribution in [0.3, 0.4) is 0 Å². The number of aromatic nitrogens is 3. The number of fused-ring (bicyclic) bond motifs is 1. The minimum Gasteiger partial charge on any atom is -0.493 e. The zero-order chi connectivity index (χ0) is 21.1. The third kappa shape index (κ3) is 3.79. The summed E-state index contributed by atoms with van der Waals surface area (Å²) in [5.74, 6) is 1.71. The third-order valence-corrected chi connectivity index (χ3v) is 4.97. The molecular weight excluding hydrogens is 378 g/mol. The van der Waals surface area contributed by atoms with Crippen LogP contribution < -0.4 is 20.5 Å². The number of nitrogens with two attached hydrogens (primary N) is 1. The number of ether oxygens (including phenoxy) is 2. The number of hydrogen-bond acceptors (Lipinski definition) is 6. The molecule has 2 aromatic heterocycles. The van der Waals surface area contributed by atoms with E-state index in [-0.39, 0.29) is 0 Å². The lowest BCUT2D eigenvalue weighted by Crippen LogP contribution is -2.11. The molecule has 0 saturated heterocycles. The fraction of sp³-hybridized carbons (Fsp3) is 0.217. The predicted molar refractivity (Wildman–Crippen MR) is 119 cm³/mol. The molecule has 0 bridgehead atoms. The molecule has 0 aliphatic heterocycles. The number of anilines is 1. The van der Waals surface area contributed by atoms with Gasteiger partial charge in [0.15, 0.2) is 23.0 Å². The summed E-state index contributed by atoms with van der Waals surface area (Å²) < 4.78 is 12.6. The molecule has 2 heterocycles. The van der Waals surface area contributed by atoms with Crippen molar-refractivity contribution in [3.8, 4) is 34.0 Å². The third-order valence-electron chi connectivity index (χ3n) is 4.97. The molecule has 7 nitrogen and oxygen atoms in total. The number of methoxy groups -OCH3 is 2. The van der Waals surface area contributed by atoms with Gasteiger partial charge in [0.2, 0.25) is 0 Å². The topological polar surface area (TPSA) is 86.7 Å². The van der Waals surface area contributed by atoms with Gasteiger partial charge in [-0.25, -0.2) is 9.97 Å². The molecule has 0 aliphatic rings. The van der Waals surface area contributed by atoms with E-state index in [0.29, 0.717) is 23.0 Å². The smallest absolute Gasteiger partial charge is 0.180 e. The summed E-state index contributed by atoms with van der Waals surface area (Å²) >= 11 is 0. The van der Waals surface area contributed by atoms with Crippen LogP contribution >= 0.6 is 0 Å². The molecular formula is C23H25N5O2. The Labute approximate surface area is 175 Å². The zero-order valence-corrected chi connectivity index (χ0v) is 17.3. The normalized spacial score (nSPS) is 11.0. The highest BCUT2D eigenvalue weighted by molar-refractivity contribution is 5.73. The van der Waals surface area contributed by atoms with Gasteiger partial charge in [-0.15, -0.1) is 0 Å². The molecule has 7 heteroatoms. The molecule has 0 unspecified atom stereocenters. The Morgan fingerprint density at radius 2 is 1.57 bits per heavy atom. The summed E-state index contributed by atoms with van der Waals surface area (Å²) in [7, 11) is 3.23. The Morgan fingerprint density at radius 3 is 2.23 bits per heavy atom. The van der Waals surface area contributed by atoms with Crippen molar-refractivity contribution in [3.05, 3.63) is 60.4 Å². The van der Waals surface area contributed by atoms with Gasteiger partial charge in [-0.1, -0.05) is 31.2 Å². The maximum absolute atomic E-state index is 6.23.